The van der Waals surface area contributed by atoms with E-state index < -0.39 is 11.9 Å². The molecule has 1 amide bonds. The summed E-state index contributed by atoms with van der Waals surface area (Å²) in [5.74, 6) is -0.247. The van der Waals surface area contributed by atoms with Crippen LogP contribution in [0.3, 0.4) is 0 Å². The number of piperidine rings is 1. The van der Waals surface area contributed by atoms with Gasteiger partial charge in [-0.3, -0.25) is 4.79 Å². The van der Waals surface area contributed by atoms with E-state index in [0.717, 1.165) is 24.8 Å². The highest BCUT2D eigenvalue weighted by Crippen LogP contribution is 2.35. The molecule has 8 heteroatoms. The van der Waals surface area contributed by atoms with Crippen molar-refractivity contribution in [2.24, 2.45) is 5.92 Å². The molecular weight excluding hydrogens is 383 g/mol. The van der Waals surface area contributed by atoms with E-state index in [-0.39, 0.29) is 18.4 Å². The van der Waals surface area contributed by atoms with Crippen molar-refractivity contribution >= 4 is 11.6 Å². The summed E-state index contributed by atoms with van der Waals surface area (Å²) < 4.78 is 16.4. The van der Waals surface area contributed by atoms with E-state index in [1.807, 2.05) is 0 Å². The van der Waals surface area contributed by atoms with Crippen molar-refractivity contribution in [3.8, 4) is 17.2 Å². The summed E-state index contributed by atoms with van der Waals surface area (Å²) >= 11 is 0. The first-order valence-corrected chi connectivity index (χ1v) is 10.2. The largest absolute Gasteiger partial charge is 0.339 e. The van der Waals surface area contributed by atoms with E-state index in [1.54, 1.807) is 41.3 Å². The van der Waals surface area contributed by atoms with Crippen molar-refractivity contribution in [3.05, 3.63) is 54.2 Å². The van der Waals surface area contributed by atoms with Crippen LogP contribution in [0.5, 0.6) is 0 Å². The molecule has 2 aliphatic rings. The lowest BCUT2D eigenvalue weighted by atomic mass is 9.98. The van der Waals surface area contributed by atoms with Crippen LogP contribution in [-0.4, -0.2) is 38.6 Å². The molecule has 1 aliphatic heterocycles. The van der Waals surface area contributed by atoms with Gasteiger partial charge in [-0.2, -0.15) is 10.4 Å². The fourth-order valence-electron chi connectivity index (χ4n) is 4.67. The van der Waals surface area contributed by atoms with Crippen LogP contribution < -0.4 is 10.6 Å². The third kappa shape index (κ3) is 3.31. The molecule has 3 heterocycles. The Kier molecular flexibility index (Phi) is 4.68. The number of benzene rings is 1. The summed E-state index contributed by atoms with van der Waals surface area (Å²) in [5, 5.41) is 19.8. The maximum absolute atomic E-state index is 14.8. The zero-order valence-electron chi connectivity index (χ0n) is 16.3. The minimum Gasteiger partial charge on any atom is -0.339 e. The number of halogens is 1. The van der Waals surface area contributed by atoms with Crippen LogP contribution in [0.15, 0.2) is 42.9 Å². The van der Waals surface area contributed by atoms with Gasteiger partial charge >= 0.3 is 0 Å². The van der Waals surface area contributed by atoms with Gasteiger partial charge in [0.05, 0.1) is 18.3 Å². The molecule has 3 unspecified atom stereocenters. The number of carbonyl (C=O) groups is 1. The van der Waals surface area contributed by atoms with Gasteiger partial charge in [0, 0.05) is 30.4 Å². The zero-order valence-corrected chi connectivity index (χ0v) is 16.3. The topological polar surface area (TPSA) is 95.1 Å². The van der Waals surface area contributed by atoms with Crippen molar-refractivity contribution in [1.29, 1.82) is 5.26 Å². The van der Waals surface area contributed by atoms with Crippen LogP contribution in [0.1, 0.15) is 24.8 Å². The van der Waals surface area contributed by atoms with Crippen LogP contribution >= 0.6 is 0 Å². The summed E-state index contributed by atoms with van der Waals surface area (Å²) in [6.07, 6.45) is 8.37. The van der Waals surface area contributed by atoms with Crippen LogP contribution in [0.25, 0.3) is 16.8 Å². The van der Waals surface area contributed by atoms with Crippen LogP contribution in [0, 0.1) is 23.1 Å². The summed E-state index contributed by atoms with van der Waals surface area (Å²) in [5.41, 5.74) is 2.42. The van der Waals surface area contributed by atoms with E-state index in [9.17, 15) is 14.4 Å². The fourth-order valence-corrected chi connectivity index (χ4v) is 4.67. The predicted molar refractivity (Wildman–Crippen MR) is 108 cm³/mol. The molecule has 5 rings (SSSR count). The molecule has 2 N–H and O–H groups in total. The Hall–Kier alpha value is -3.31. The van der Waals surface area contributed by atoms with Gasteiger partial charge in [0.15, 0.2) is 5.65 Å². The number of fused-ring (bicyclic) bond motifs is 3. The molecule has 2 bridgehead atoms. The lowest BCUT2D eigenvalue weighted by molar-refractivity contribution is -0.124. The highest BCUT2D eigenvalue weighted by atomic mass is 19.1. The van der Waals surface area contributed by atoms with Gasteiger partial charge in [-0.1, -0.05) is 12.1 Å². The van der Waals surface area contributed by atoms with Gasteiger partial charge in [0.1, 0.15) is 11.9 Å². The van der Waals surface area contributed by atoms with Crippen molar-refractivity contribution < 1.29 is 9.18 Å². The van der Waals surface area contributed by atoms with Gasteiger partial charge in [-0.15, -0.1) is 0 Å². The third-order valence-corrected chi connectivity index (χ3v) is 6.18. The van der Waals surface area contributed by atoms with E-state index in [2.05, 4.69) is 26.8 Å². The SMILES string of the molecule is N#C[C@H](Cc1ccc(-c2cnn3cccnc23)cc1F)NC(=O)C1NC2CCC1C2. The van der Waals surface area contributed by atoms with Gasteiger partial charge < -0.3 is 10.6 Å². The second kappa shape index (κ2) is 7.50. The van der Waals surface area contributed by atoms with Crippen LogP contribution in [0.2, 0.25) is 0 Å². The normalized spacial score (nSPS) is 23.4. The Labute approximate surface area is 172 Å². The van der Waals surface area contributed by atoms with Crippen molar-refractivity contribution in [2.75, 3.05) is 0 Å². The lowest BCUT2D eigenvalue weighted by Gasteiger charge is -2.23. The first-order chi connectivity index (χ1) is 14.6. The number of amides is 1. The van der Waals surface area contributed by atoms with Gasteiger partial charge in [-0.25, -0.2) is 13.9 Å². The maximum Gasteiger partial charge on any atom is 0.238 e. The molecule has 1 saturated carbocycles. The van der Waals surface area contributed by atoms with Crippen LogP contribution in [-0.2, 0) is 11.2 Å². The number of aromatic nitrogens is 3. The van der Waals surface area contributed by atoms with E-state index >= 15 is 0 Å². The molecule has 2 aromatic heterocycles. The average Bonchev–Trinajstić information content (AvgIpc) is 3.50. The highest BCUT2D eigenvalue weighted by molar-refractivity contribution is 5.83. The zero-order chi connectivity index (χ0) is 20.7. The molecule has 3 aromatic rings. The molecule has 1 aliphatic carbocycles. The number of nitrogens with one attached hydrogen (secondary N) is 2. The minimum atomic E-state index is -0.780. The van der Waals surface area contributed by atoms with E-state index in [4.69, 9.17) is 0 Å². The quantitative estimate of drug-likeness (QED) is 0.680. The fraction of sp³-hybridized carbons (Fsp3) is 0.364. The Bertz CT molecular complexity index is 1150. The molecular formula is C22H21FN6O. The standard InChI is InChI=1S/C22H21FN6O/c23-19-10-13(18-12-26-29-7-1-6-25-21(18)29)2-3-14(19)8-17(11-24)28-22(30)20-15-4-5-16(9-15)27-20/h1-3,6-7,10,12,15-17,20,27H,4-5,8-9H2,(H,28,30)/t15?,16?,17-,20?/m0/s1. The second-order valence-corrected chi connectivity index (χ2v) is 8.06. The molecule has 2 fully saturated rings. The molecule has 1 saturated heterocycles. The molecule has 0 spiro atoms. The van der Waals surface area contributed by atoms with Gasteiger partial charge in [-0.05, 0) is 48.4 Å². The Morgan fingerprint density at radius 1 is 1.43 bits per heavy atom. The van der Waals surface area contributed by atoms with Crippen LogP contribution in [0.4, 0.5) is 4.39 Å². The second-order valence-electron chi connectivity index (χ2n) is 8.06. The van der Waals surface area contributed by atoms with Crippen molar-refractivity contribution in [3.63, 3.8) is 0 Å². The number of hydrogen-bond donors (Lipinski definition) is 2. The molecule has 7 nitrogen and oxygen atoms in total. The highest BCUT2D eigenvalue weighted by Gasteiger charge is 2.43. The summed E-state index contributed by atoms with van der Waals surface area (Å²) in [7, 11) is 0. The number of nitriles is 1. The van der Waals surface area contributed by atoms with E-state index in [1.165, 1.54) is 6.07 Å². The number of carbonyl (C=O) groups excluding carboxylic acids is 1. The number of nitrogens with zero attached hydrogens (tertiary/aromatic N) is 4. The first-order valence-electron chi connectivity index (χ1n) is 10.2. The van der Waals surface area contributed by atoms with Gasteiger partial charge in [0.2, 0.25) is 5.91 Å². The number of hydrogen-bond acceptors (Lipinski definition) is 5. The molecule has 30 heavy (non-hydrogen) atoms. The summed E-state index contributed by atoms with van der Waals surface area (Å²) in [4.78, 5) is 16.9. The smallest absolute Gasteiger partial charge is 0.238 e. The Morgan fingerprint density at radius 3 is 3.07 bits per heavy atom. The molecule has 1 aromatic carbocycles. The molecule has 152 valence electrons. The third-order valence-electron chi connectivity index (χ3n) is 6.18. The maximum atomic E-state index is 14.8. The monoisotopic (exact) mass is 404 g/mol. The number of rotatable bonds is 5. The predicted octanol–water partition coefficient (Wildman–Crippen LogP) is 2.23. The average molecular weight is 404 g/mol. The lowest BCUT2D eigenvalue weighted by Crippen LogP contribution is -2.50. The van der Waals surface area contributed by atoms with Gasteiger partial charge in [0.25, 0.3) is 0 Å². The summed E-state index contributed by atoms with van der Waals surface area (Å²) in [6.45, 7) is 0. The first kappa shape index (κ1) is 18.7. The molecule has 0 radical (unpaired) electrons. The summed E-state index contributed by atoms with van der Waals surface area (Å²) in [6, 6.07) is 8.12. The van der Waals surface area contributed by atoms with E-state index in [0.29, 0.717) is 28.7 Å². The Balaban J connectivity index is 1.30. The minimum absolute atomic E-state index is 0.113. The van der Waals surface area contributed by atoms with Crippen molar-refractivity contribution in [2.45, 2.75) is 43.8 Å². The Morgan fingerprint density at radius 2 is 2.33 bits per heavy atom. The molecule has 4 atom stereocenters. The van der Waals surface area contributed by atoms with Crippen molar-refractivity contribution in [1.82, 2.24) is 25.2 Å².